The average Bonchev–Trinajstić information content (AvgIpc) is 3.33. The van der Waals surface area contributed by atoms with Crippen LogP contribution < -0.4 is 15.2 Å². The summed E-state index contributed by atoms with van der Waals surface area (Å²) >= 11 is 0. The number of carbonyl (C=O) groups excluding carboxylic acids is 2. The SMILES string of the molecule is Cc1cc(C(=O)COC(=O)Cn2c(=O)oc3ccccc32)c(C)n1CC1COc2ccccc2O1. The third-order valence-electron chi connectivity index (χ3n) is 6.05. The molecule has 9 heteroatoms. The second-order valence-electron chi connectivity index (χ2n) is 8.40. The quantitative estimate of drug-likeness (QED) is 0.298. The number of carbonyl (C=O) groups is 2. The second kappa shape index (κ2) is 9.17. The van der Waals surface area contributed by atoms with Crippen molar-refractivity contribution in [2.75, 3.05) is 13.2 Å². The predicted octanol–water partition coefficient (Wildman–Crippen LogP) is 3.28. The Morgan fingerprint density at radius 2 is 1.77 bits per heavy atom. The zero-order valence-corrected chi connectivity index (χ0v) is 19.4. The van der Waals surface area contributed by atoms with Gasteiger partial charge in [0.25, 0.3) is 0 Å². The number of fused-ring (bicyclic) bond motifs is 2. The maximum Gasteiger partial charge on any atom is 0.420 e. The van der Waals surface area contributed by atoms with Crippen molar-refractivity contribution in [2.24, 2.45) is 0 Å². The minimum atomic E-state index is -0.702. The fourth-order valence-corrected chi connectivity index (χ4v) is 4.28. The summed E-state index contributed by atoms with van der Waals surface area (Å²) in [4.78, 5) is 37.2. The van der Waals surface area contributed by atoms with Crippen LogP contribution in [0.5, 0.6) is 11.5 Å². The second-order valence-corrected chi connectivity index (χ2v) is 8.40. The van der Waals surface area contributed by atoms with Crippen LogP contribution in [0.15, 0.2) is 63.8 Å². The maximum atomic E-state index is 12.8. The summed E-state index contributed by atoms with van der Waals surface area (Å²) in [6.07, 6.45) is -0.210. The molecule has 0 spiro atoms. The standard InChI is InChI=1S/C26H24N2O7/c1-16-11-19(17(2)27(16)12-18-14-32-23-9-5-6-10-24(23)34-18)21(29)15-33-25(30)13-28-20-7-3-4-8-22(20)35-26(28)31/h3-11,18H,12-15H2,1-2H3. The first kappa shape index (κ1) is 22.5. The number of rotatable bonds is 7. The van der Waals surface area contributed by atoms with E-state index in [0.717, 1.165) is 11.4 Å². The van der Waals surface area contributed by atoms with Crippen LogP contribution in [0.2, 0.25) is 0 Å². The van der Waals surface area contributed by atoms with E-state index in [9.17, 15) is 14.4 Å². The van der Waals surface area contributed by atoms with Crippen LogP contribution in [0.1, 0.15) is 21.7 Å². The molecule has 0 saturated carbocycles. The van der Waals surface area contributed by atoms with Gasteiger partial charge >= 0.3 is 11.7 Å². The molecule has 1 aliphatic heterocycles. The molecule has 2 aromatic heterocycles. The largest absolute Gasteiger partial charge is 0.486 e. The number of para-hydroxylation sites is 4. The number of nitrogens with zero attached hydrogens (tertiary/aromatic N) is 2. The lowest BCUT2D eigenvalue weighted by atomic mass is 10.1. The summed E-state index contributed by atoms with van der Waals surface area (Å²) in [5.41, 5.74) is 2.97. The van der Waals surface area contributed by atoms with Gasteiger partial charge in [-0.15, -0.1) is 0 Å². The Hall–Kier alpha value is -4.27. The molecule has 180 valence electrons. The molecule has 35 heavy (non-hydrogen) atoms. The molecule has 0 aliphatic carbocycles. The molecule has 0 bridgehead atoms. The fraction of sp³-hybridized carbons (Fsp3) is 0.269. The van der Waals surface area contributed by atoms with Crippen LogP contribution >= 0.6 is 0 Å². The normalized spacial score (nSPS) is 14.7. The average molecular weight is 476 g/mol. The molecule has 5 rings (SSSR count). The Kier molecular flexibility index (Phi) is 5.90. The highest BCUT2D eigenvalue weighted by Crippen LogP contribution is 2.31. The van der Waals surface area contributed by atoms with E-state index in [-0.39, 0.29) is 18.4 Å². The molecule has 1 aliphatic rings. The number of ether oxygens (including phenoxy) is 3. The minimum absolute atomic E-state index is 0.210. The van der Waals surface area contributed by atoms with E-state index in [1.165, 1.54) is 4.57 Å². The minimum Gasteiger partial charge on any atom is -0.486 e. The van der Waals surface area contributed by atoms with Gasteiger partial charge < -0.3 is 23.2 Å². The van der Waals surface area contributed by atoms with Crippen molar-refractivity contribution in [3.63, 3.8) is 0 Å². The monoisotopic (exact) mass is 476 g/mol. The van der Waals surface area contributed by atoms with E-state index in [0.29, 0.717) is 41.3 Å². The van der Waals surface area contributed by atoms with Gasteiger partial charge in [0.2, 0.25) is 5.78 Å². The molecule has 0 amide bonds. The van der Waals surface area contributed by atoms with Crippen molar-refractivity contribution in [3.8, 4) is 11.5 Å². The Balaban J connectivity index is 1.22. The van der Waals surface area contributed by atoms with Gasteiger partial charge in [0, 0.05) is 17.0 Å². The summed E-state index contributed by atoms with van der Waals surface area (Å²) in [7, 11) is 0. The Labute approximate surface area is 200 Å². The molecule has 0 radical (unpaired) electrons. The number of aryl methyl sites for hydroxylation is 1. The van der Waals surface area contributed by atoms with Gasteiger partial charge in [-0.25, -0.2) is 4.79 Å². The van der Waals surface area contributed by atoms with E-state index >= 15 is 0 Å². The van der Waals surface area contributed by atoms with Crippen molar-refractivity contribution >= 4 is 22.9 Å². The fourth-order valence-electron chi connectivity index (χ4n) is 4.28. The summed E-state index contributed by atoms with van der Waals surface area (Å²) in [6.45, 7) is 3.89. The molecular formula is C26H24N2O7. The van der Waals surface area contributed by atoms with Crippen LogP contribution in [0.4, 0.5) is 0 Å². The topological polar surface area (TPSA) is 102 Å². The van der Waals surface area contributed by atoms with Crippen LogP contribution in [0.25, 0.3) is 11.1 Å². The van der Waals surface area contributed by atoms with Crippen molar-refractivity contribution < 1.29 is 28.2 Å². The lowest BCUT2D eigenvalue weighted by molar-refractivity contribution is -0.143. The predicted molar refractivity (Wildman–Crippen MR) is 126 cm³/mol. The van der Waals surface area contributed by atoms with Crippen molar-refractivity contribution in [3.05, 3.63) is 82.1 Å². The highest BCUT2D eigenvalue weighted by atomic mass is 16.6. The summed E-state index contributed by atoms with van der Waals surface area (Å²) < 4.78 is 25.3. The molecule has 1 atom stereocenters. The molecule has 0 fully saturated rings. The van der Waals surface area contributed by atoms with Gasteiger partial charge in [0.15, 0.2) is 29.8 Å². The number of oxazole rings is 1. The lowest BCUT2D eigenvalue weighted by Crippen LogP contribution is -2.33. The molecule has 9 nitrogen and oxygen atoms in total. The summed E-state index contributed by atoms with van der Waals surface area (Å²) in [5, 5.41) is 0. The Morgan fingerprint density at radius 3 is 2.60 bits per heavy atom. The first-order chi connectivity index (χ1) is 16.9. The number of benzene rings is 2. The van der Waals surface area contributed by atoms with Crippen LogP contribution in [-0.4, -0.2) is 40.2 Å². The molecule has 0 N–H and O–H groups in total. The van der Waals surface area contributed by atoms with Crippen molar-refractivity contribution in [1.29, 1.82) is 0 Å². The van der Waals surface area contributed by atoms with E-state index in [2.05, 4.69) is 0 Å². The zero-order chi connectivity index (χ0) is 24.5. The molecule has 3 heterocycles. The third kappa shape index (κ3) is 4.44. The van der Waals surface area contributed by atoms with Crippen molar-refractivity contribution in [1.82, 2.24) is 9.13 Å². The van der Waals surface area contributed by atoms with Gasteiger partial charge in [-0.1, -0.05) is 24.3 Å². The summed E-state index contributed by atoms with van der Waals surface area (Å²) in [6, 6.07) is 16.1. The summed E-state index contributed by atoms with van der Waals surface area (Å²) in [5.74, 6) is -0.276. The molecule has 1 unspecified atom stereocenters. The van der Waals surface area contributed by atoms with E-state index in [1.807, 2.05) is 42.7 Å². The van der Waals surface area contributed by atoms with E-state index in [4.69, 9.17) is 18.6 Å². The van der Waals surface area contributed by atoms with Gasteiger partial charge in [-0.2, -0.15) is 0 Å². The van der Waals surface area contributed by atoms with Crippen molar-refractivity contribution in [2.45, 2.75) is 33.0 Å². The Bertz CT molecular complexity index is 1480. The number of ketones is 1. The van der Waals surface area contributed by atoms with Gasteiger partial charge in [-0.05, 0) is 44.2 Å². The van der Waals surface area contributed by atoms with Crippen LogP contribution in [0.3, 0.4) is 0 Å². The van der Waals surface area contributed by atoms with E-state index in [1.54, 1.807) is 30.3 Å². The highest BCUT2D eigenvalue weighted by molar-refractivity contribution is 5.99. The van der Waals surface area contributed by atoms with Crippen LogP contribution in [0, 0.1) is 13.8 Å². The zero-order valence-electron chi connectivity index (χ0n) is 19.4. The van der Waals surface area contributed by atoms with Crippen LogP contribution in [-0.2, 0) is 22.6 Å². The molecular weight excluding hydrogens is 452 g/mol. The highest BCUT2D eigenvalue weighted by Gasteiger charge is 2.24. The van der Waals surface area contributed by atoms with E-state index < -0.39 is 18.3 Å². The number of aromatic nitrogens is 2. The first-order valence-electron chi connectivity index (χ1n) is 11.2. The first-order valence-corrected chi connectivity index (χ1v) is 11.2. The molecule has 0 saturated heterocycles. The lowest BCUT2D eigenvalue weighted by Gasteiger charge is -2.27. The Morgan fingerprint density at radius 1 is 1.03 bits per heavy atom. The van der Waals surface area contributed by atoms with Gasteiger partial charge in [0.1, 0.15) is 13.2 Å². The molecule has 2 aromatic carbocycles. The smallest absolute Gasteiger partial charge is 0.420 e. The maximum absolute atomic E-state index is 12.8. The number of Topliss-reactive ketones (excluding diaryl/α,β-unsaturated/α-hetero) is 1. The van der Waals surface area contributed by atoms with Gasteiger partial charge in [-0.3, -0.25) is 14.2 Å². The number of hydrogen-bond acceptors (Lipinski definition) is 7. The molecule has 4 aromatic rings. The number of hydrogen-bond donors (Lipinski definition) is 0. The third-order valence-corrected chi connectivity index (χ3v) is 6.05. The number of esters is 1. The van der Waals surface area contributed by atoms with Gasteiger partial charge in [0.05, 0.1) is 12.1 Å².